The van der Waals surface area contributed by atoms with Gasteiger partial charge in [-0.05, 0) is 42.5 Å². The van der Waals surface area contributed by atoms with E-state index in [1.807, 2.05) is 0 Å². The van der Waals surface area contributed by atoms with E-state index in [2.05, 4.69) is 15.6 Å². The molecular weight excluding hydrogens is 333 g/mol. The Morgan fingerprint density at radius 3 is 2.50 bits per heavy atom. The lowest BCUT2D eigenvalue weighted by Crippen LogP contribution is -2.13. The van der Waals surface area contributed by atoms with Crippen molar-refractivity contribution in [1.82, 2.24) is 4.98 Å². The zero-order valence-electron chi connectivity index (χ0n) is 14.2. The number of halogens is 1. The summed E-state index contributed by atoms with van der Waals surface area (Å²) in [6, 6.07) is 16.8. The highest BCUT2D eigenvalue weighted by Crippen LogP contribution is 2.15. The van der Waals surface area contributed by atoms with Crippen molar-refractivity contribution in [1.29, 1.82) is 0 Å². The molecule has 0 unspecified atom stereocenters. The Balaban J connectivity index is 1.58. The molecule has 1 amide bonds. The molecule has 3 rings (SSSR count). The van der Waals surface area contributed by atoms with Gasteiger partial charge in [0.1, 0.15) is 17.4 Å². The summed E-state index contributed by atoms with van der Waals surface area (Å²) in [6.45, 7) is 0.353. The Hall–Kier alpha value is -3.41. The molecule has 0 spiro atoms. The fourth-order valence-electron chi connectivity index (χ4n) is 2.34. The Morgan fingerprint density at radius 2 is 1.85 bits per heavy atom. The molecule has 0 aliphatic carbocycles. The number of pyridine rings is 1. The van der Waals surface area contributed by atoms with Gasteiger partial charge in [0.2, 0.25) is 0 Å². The molecule has 6 heteroatoms. The van der Waals surface area contributed by atoms with E-state index in [0.717, 1.165) is 5.69 Å². The van der Waals surface area contributed by atoms with Crippen molar-refractivity contribution < 1.29 is 13.9 Å². The largest absolute Gasteiger partial charge is 0.497 e. The highest BCUT2D eigenvalue weighted by molar-refractivity contribution is 6.03. The Kier molecular flexibility index (Phi) is 5.43. The van der Waals surface area contributed by atoms with E-state index in [0.29, 0.717) is 29.2 Å². The lowest BCUT2D eigenvalue weighted by Gasteiger charge is -2.09. The molecule has 0 aliphatic rings. The lowest BCUT2D eigenvalue weighted by atomic mass is 10.2. The summed E-state index contributed by atoms with van der Waals surface area (Å²) in [4.78, 5) is 16.4. The van der Waals surface area contributed by atoms with E-state index < -0.39 is 0 Å². The minimum absolute atomic E-state index is 0.253. The number of amides is 1. The SMILES string of the molecule is COc1ccc(C(=O)Nc2ccc(NCc3ccccc3F)cn2)cc1. The van der Waals surface area contributed by atoms with Crippen LogP contribution in [0.1, 0.15) is 15.9 Å². The Labute approximate surface area is 150 Å². The second-order valence-corrected chi connectivity index (χ2v) is 5.56. The number of carbonyl (C=O) groups excluding carboxylic acids is 1. The number of anilines is 2. The van der Waals surface area contributed by atoms with Crippen molar-refractivity contribution in [3.8, 4) is 5.75 Å². The van der Waals surface area contributed by atoms with E-state index in [1.54, 1.807) is 67.9 Å². The molecule has 132 valence electrons. The maximum absolute atomic E-state index is 13.6. The summed E-state index contributed by atoms with van der Waals surface area (Å²) < 4.78 is 18.7. The number of methoxy groups -OCH3 is 1. The maximum Gasteiger partial charge on any atom is 0.256 e. The first-order chi connectivity index (χ1) is 12.7. The molecule has 1 aromatic heterocycles. The van der Waals surface area contributed by atoms with Crippen molar-refractivity contribution >= 4 is 17.4 Å². The topological polar surface area (TPSA) is 63.2 Å². The summed E-state index contributed by atoms with van der Waals surface area (Å²) in [5.41, 5.74) is 1.81. The Bertz CT molecular complexity index is 880. The molecule has 0 atom stereocenters. The van der Waals surface area contributed by atoms with Crippen LogP contribution in [0.5, 0.6) is 5.75 Å². The molecule has 3 aromatic rings. The zero-order valence-corrected chi connectivity index (χ0v) is 14.2. The van der Waals surface area contributed by atoms with E-state index in [4.69, 9.17) is 4.74 Å². The number of carbonyl (C=O) groups is 1. The average Bonchev–Trinajstić information content (AvgIpc) is 2.68. The summed E-state index contributed by atoms with van der Waals surface area (Å²) in [7, 11) is 1.57. The summed E-state index contributed by atoms with van der Waals surface area (Å²) >= 11 is 0. The molecule has 0 bridgehead atoms. The van der Waals surface area contributed by atoms with Crippen molar-refractivity contribution in [3.63, 3.8) is 0 Å². The first-order valence-electron chi connectivity index (χ1n) is 8.04. The number of hydrogen-bond acceptors (Lipinski definition) is 4. The molecular formula is C20H18FN3O2. The van der Waals surface area contributed by atoms with Gasteiger partial charge in [-0.1, -0.05) is 18.2 Å². The maximum atomic E-state index is 13.6. The summed E-state index contributed by atoms with van der Waals surface area (Å²) in [5.74, 6) is 0.607. The molecule has 26 heavy (non-hydrogen) atoms. The summed E-state index contributed by atoms with van der Waals surface area (Å²) in [6.07, 6.45) is 1.59. The molecule has 0 saturated carbocycles. The van der Waals surface area contributed by atoms with E-state index >= 15 is 0 Å². The van der Waals surface area contributed by atoms with Gasteiger partial charge in [0, 0.05) is 17.7 Å². The first kappa shape index (κ1) is 17.4. The Morgan fingerprint density at radius 1 is 1.08 bits per heavy atom. The minimum atomic E-state index is -0.257. The molecule has 0 radical (unpaired) electrons. The van der Waals surface area contributed by atoms with Crippen LogP contribution >= 0.6 is 0 Å². The van der Waals surface area contributed by atoms with Gasteiger partial charge in [0.15, 0.2) is 0 Å². The van der Waals surface area contributed by atoms with Crippen LogP contribution in [-0.2, 0) is 6.54 Å². The van der Waals surface area contributed by atoms with Crippen LogP contribution in [0, 0.1) is 5.82 Å². The predicted octanol–water partition coefficient (Wildman–Crippen LogP) is 4.09. The van der Waals surface area contributed by atoms with E-state index in [-0.39, 0.29) is 11.7 Å². The number of rotatable bonds is 6. The fraction of sp³-hybridized carbons (Fsp3) is 0.100. The van der Waals surface area contributed by atoms with Gasteiger partial charge in [0.25, 0.3) is 5.91 Å². The number of nitrogens with zero attached hydrogens (tertiary/aromatic N) is 1. The van der Waals surface area contributed by atoms with Gasteiger partial charge in [-0.3, -0.25) is 4.79 Å². The van der Waals surface area contributed by atoms with Gasteiger partial charge >= 0.3 is 0 Å². The third-order valence-corrected chi connectivity index (χ3v) is 3.80. The number of aromatic nitrogens is 1. The van der Waals surface area contributed by atoms with Gasteiger partial charge in [-0.15, -0.1) is 0 Å². The standard InChI is InChI=1S/C20H18FN3O2/c1-26-17-9-6-14(7-10-17)20(25)24-19-11-8-16(13-23-19)22-12-15-4-2-3-5-18(15)21/h2-11,13,22H,12H2,1H3,(H,23,24,25). The molecule has 1 heterocycles. The quantitative estimate of drug-likeness (QED) is 0.702. The second kappa shape index (κ2) is 8.11. The highest BCUT2D eigenvalue weighted by atomic mass is 19.1. The van der Waals surface area contributed by atoms with Crippen molar-refractivity contribution in [2.45, 2.75) is 6.54 Å². The summed E-state index contributed by atoms with van der Waals surface area (Å²) in [5, 5.41) is 5.82. The van der Waals surface area contributed by atoms with Crippen LogP contribution in [0.2, 0.25) is 0 Å². The fourth-order valence-corrected chi connectivity index (χ4v) is 2.34. The first-order valence-corrected chi connectivity index (χ1v) is 8.04. The van der Waals surface area contributed by atoms with Crippen molar-refractivity contribution in [2.24, 2.45) is 0 Å². The third kappa shape index (κ3) is 4.36. The van der Waals surface area contributed by atoms with Gasteiger partial charge < -0.3 is 15.4 Å². The van der Waals surface area contributed by atoms with Crippen LogP contribution < -0.4 is 15.4 Å². The zero-order chi connectivity index (χ0) is 18.4. The van der Waals surface area contributed by atoms with Gasteiger partial charge in [-0.25, -0.2) is 9.37 Å². The van der Waals surface area contributed by atoms with Gasteiger partial charge in [0.05, 0.1) is 19.0 Å². The molecule has 2 N–H and O–H groups in total. The molecule has 0 aliphatic heterocycles. The molecule has 2 aromatic carbocycles. The van der Waals surface area contributed by atoms with Gasteiger partial charge in [-0.2, -0.15) is 0 Å². The highest BCUT2D eigenvalue weighted by Gasteiger charge is 2.07. The lowest BCUT2D eigenvalue weighted by molar-refractivity contribution is 0.102. The molecule has 0 fully saturated rings. The second-order valence-electron chi connectivity index (χ2n) is 5.56. The number of nitrogens with one attached hydrogen (secondary N) is 2. The van der Waals surface area contributed by atoms with Crippen LogP contribution in [-0.4, -0.2) is 18.0 Å². The van der Waals surface area contributed by atoms with Crippen LogP contribution in [0.15, 0.2) is 66.9 Å². The number of hydrogen-bond donors (Lipinski definition) is 2. The molecule has 0 saturated heterocycles. The van der Waals surface area contributed by atoms with Crippen LogP contribution in [0.4, 0.5) is 15.9 Å². The minimum Gasteiger partial charge on any atom is -0.497 e. The van der Waals surface area contributed by atoms with Crippen LogP contribution in [0.3, 0.4) is 0 Å². The number of ether oxygens (including phenoxy) is 1. The molecule has 5 nitrogen and oxygen atoms in total. The van der Waals surface area contributed by atoms with Crippen molar-refractivity contribution in [2.75, 3.05) is 17.7 Å². The third-order valence-electron chi connectivity index (χ3n) is 3.80. The monoisotopic (exact) mass is 351 g/mol. The predicted molar refractivity (Wildman–Crippen MR) is 98.9 cm³/mol. The van der Waals surface area contributed by atoms with E-state index in [1.165, 1.54) is 6.07 Å². The normalized spacial score (nSPS) is 10.2. The van der Waals surface area contributed by atoms with Crippen LogP contribution in [0.25, 0.3) is 0 Å². The average molecular weight is 351 g/mol. The number of benzene rings is 2. The van der Waals surface area contributed by atoms with E-state index in [9.17, 15) is 9.18 Å². The smallest absolute Gasteiger partial charge is 0.256 e. The van der Waals surface area contributed by atoms with Crippen molar-refractivity contribution in [3.05, 3.63) is 83.8 Å².